The second-order valence-corrected chi connectivity index (χ2v) is 7.44. The van der Waals surface area contributed by atoms with Crippen molar-refractivity contribution in [1.82, 2.24) is 0 Å². The van der Waals surface area contributed by atoms with Gasteiger partial charge in [0.1, 0.15) is 0 Å². The third-order valence-corrected chi connectivity index (χ3v) is 4.98. The van der Waals surface area contributed by atoms with E-state index >= 15 is 0 Å². The molecule has 29 heavy (non-hydrogen) atoms. The normalized spacial score (nSPS) is 10.7. The van der Waals surface area contributed by atoms with E-state index in [1.165, 1.54) is 6.07 Å². The maximum absolute atomic E-state index is 12.0. The number of aromatic carboxylic acids is 2. The summed E-state index contributed by atoms with van der Waals surface area (Å²) in [5.41, 5.74) is 2.49. The first kappa shape index (κ1) is 20.8. The maximum Gasteiger partial charge on any atom is 0.336 e. The van der Waals surface area contributed by atoms with E-state index in [9.17, 15) is 19.8 Å². The summed E-state index contributed by atoms with van der Waals surface area (Å²) >= 11 is 3.39. The van der Waals surface area contributed by atoms with Crippen molar-refractivity contribution in [3.05, 3.63) is 105 Å². The molecule has 0 atom stereocenters. The third kappa shape index (κ3) is 5.31. The zero-order valence-corrected chi connectivity index (χ0v) is 17.1. The van der Waals surface area contributed by atoms with Crippen LogP contribution in [0.2, 0.25) is 0 Å². The molecule has 0 aliphatic rings. The van der Waals surface area contributed by atoms with E-state index in [1.807, 2.05) is 54.6 Å². The molecular formula is C23H19BrO5. The third-order valence-electron chi connectivity index (χ3n) is 4.49. The van der Waals surface area contributed by atoms with Gasteiger partial charge < -0.3 is 14.9 Å². The molecule has 0 aliphatic carbocycles. The summed E-state index contributed by atoms with van der Waals surface area (Å²) in [6.45, 7) is 0.124. The molecule has 5 nitrogen and oxygen atoms in total. The summed E-state index contributed by atoms with van der Waals surface area (Å²) in [5.74, 6) is -2.35. The Labute approximate surface area is 176 Å². The Balaban J connectivity index is 1.92. The lowest BCUT2D eigenvalue weighted by Crippen LogP contribution is -2.14. The quantitative estimate of drug-likeness (QED) is 0.491. The highest BCUT2D eigenvalue weighted by Gasteiger charge is 2.22. The number of carboxylic acids is 2. The van der Waals surface area contributed by atoms with Crippen LogP contribution in [0.3, 0.4) is 0 Å². The number of rotatable bonds is 8. The summed E-state index contributed by atoms with van der Waals surface area (Å²) in [6.07, 6.45) is 0.390. The molecular weight excluding hydrogens is 436 g/mol. The standard InChI is InChI=1S/C23H19BrO5/c24-18-8-4-7-16(12-18)13-29-14-20-19(22(25)26)10-9-17(21(20)23(27)28)11-15-5-2-1-3-6-15/h1-10,12H,11,13-14H2,(H,25,26)(H,27,28). The van der Waals surface area contributed by atoms with E-state index in [4.69, 9.17) is 4.74 Å². The van der Waals surface area contributed by atoms with E-state index in [-0.39, 0.29) is 29.9 Å². The Morgan fingerprint density at radius 2 is 1.55 bits per heavy atom. The van der Waals surface area contributed by atoms with E-state index in [0.717, 1.165) is 15.6 Å². The van der Waals surface area contributed by atoms with Crippen molar-refractivity contribution in [2.75, 3.05) is 0 Å². The van der Waals surface area contributed by atoms with E-state index in [0.29, 0.717) is 12.0 Å². The van der Waals surface area contributed by atoms with Gasteiger partial charge in [-0.3, -0.25) is 0 Å². The van der Waals surface area contributed by atoms with Crippen molar-refractivity contribution in [2.45, 2.75) is 19.6 Å². The highest BCUT2D eigenvalue weighted by molar-refractivity contribution is 9.10. The van der Waals surface area contributed by atoms with Crippen LogP contribution in [0, 0.1) is 0 Å². The van der Waals surface area contributed by atoms with Crippen molar-refractivity contribution in [3.63, 3.8) is 0 Å². The van der Waals surface area contributed by atoms with Gasteiger partial charge in [-0.1, -0.05) is 64.5 Å². The van der Waals surface area contributed by atoms with E-state index in [2.05, 4.69) is 15.9 Å². The number of ether oxygens (including phenoxy) is 1. The van der Waals surface area contributed by atoms with Crippen LogP contribution in [-0.2, 0) is 24.4 Å². The van der Waals surface area contributed by atoms with Crippen molar-refractivity contribution in [3.8, 4) is 0 Å². The molecule has 0 spiro atoms. The van der Waals surface area contributed by atoms with Gasteiger partial charge in [-0.05, 0) is 41.3 Å². The van der Waals surface area contributed by atoms with Gasteiger partial charge in [-0.15, -0.1) is 0 Å². The molecule has 0 saturated carbocycles. The molecule has 3 aromatic rings. The van der Waals surface area contributed by atoms with Gasteiger partial charge in [0.2, 0.25) is 0 Å². The van der Waals surface area contributed by atoms with Crippen molar-refractivity contribution >= 4 is 27.9 Å². The summed E-state index contributed by atoms with van der Waals surface area (Å²) in [7, 11) is 0. The topological polar surface area (TPSA) is 83.8 Å². The fourth-order valence-corrected chi connectivity index (χ4v) is 3.62. The molecule has 0 heterocycles. The first-order chi connectivity index (χ1) is 14.0. The summed E-state index contributed by atoms with van der Waals surface area (Å²) < 4.78 is 6.60. The Hall–Kier alpha value is -2.96. The smallest absolute Gasteiger partial charge is 0.336 e. The fraction of sp³-hybridized carbons (Fsp3) is 0.130. The van der Waals surface area contributed by atoms with Crippen LogP contribution in [0.15, 0.2) is 71.2 Å². The average Bonchev–Trinajstić information content (AvgIpc) is 2.68. The molecule has 0 fully saturated rings. The van der Waals surface area contributed by atoms with E-state index < -0.39 is 11.9 Å². The van der Waals surface area contributed by atoms with E-state index in [1.54, 1.807) is 6.07 Å². The Morgan fingerprint density at radius 3 is 2.21 bits per heavy atom. The number of carboxylic acid groups (broad SMARTS) is 2. The summed E-state index contributed by atoms with van der Waals surface area (Å²) in [4.78, 5) is 23.7. The molecule has 0 bridgehead atoms. The zero-order chi connectivity index (χ0) is 20.8. The monoisotopic (exact) mass is 454 g/mol. The first-order valence-electron chi connectivity index (χ1n) is 8.93. The molecule has 3 rings (SSSR count). The number of hydrogen-bond donors (Lipinski definition) is 2. The van der Waals surface area contributed by atoms with Crippen LogP contribution >= 0.6 is 15.9 Å². The van der Waals surface area contributed by atoms with Crippen LogP contribution in [-0.4, -0.2) is 22.2 Å². The number of carbonyl (C=O) groups is 2. The van der Waals surface area contributed by atoms with Crippen molar-refractivity contribution in [2.24, 2.45) is 0 Å². The number of benzene rings is 3. The second-order valence-electron chi connectivity index (χ2n) is 6.52. The Kier molecular flexibility index (Phi) is 6.80. The molecule has 3 aromatic carbocycles. The molecule has 0 unspecified atom stereocenters. The van der Waals surface area contributed by atoms with Crippen LogP contribution < -0.4 is 0 Å². The minimum Gasteiger partial charge on any atom is -0.478 e. The first-order valence-corrected chi connectivity index (χ1v) is 9.72. The molecule has 0 radical (unpaired) electrons. The lowest BCUT2D eigenvalue weighted by molar-refractivity contribution is 0.0672. The van der Waals surface area contributed by atoms with Crippen molar-refractivity contribution in [1.29, 1.82) is 0 Å². The highest BCUT2D eigenvalue weighted by atomic mass is 79.9. The second kappa shape index (κ2) is 9.49. The Morgan fingerprint density at radius 1 is 0.828 bits per heavy atom. The maximum atomic E-state index is 12.0. The minimum atomic E-state index is -1.18. The van der Waals surface area contributed by atoms with Gasteiger partial charge in [0.05, 0.1) is 24.3 Å². The van der Waals surface area contributed by atoms with Crippen LogP contribution in [0.25, 0.3) is 0 Å². The lowest BCUT2D eigenvalue weighted by Gasteiger charge is -2.15. The average molecular weight is 455 g/mol. The predicted molar refractivity (Wildman–Crippen MR) is 112 cm³/mol. The molecule has 0 saturated heterocycles. The number of halogens is 1. The highest BCUT2D eigenvalue weighted by Crippen LogP contribution is 2.24. The SMILES string of the molecule is O=C(O)c1ccc(Cc2ccccc2)c(C(=O)O)c1COCc1cccc(Br)c1. The Bertz CT molecular complexity index is 1030. The van der Waals surface area contributed by atoms with Gasteiger partial charge >= 0.3 is 11.9 Å². The molecule has 0 amide bonds. The van der Waals surface area contributed by atoms with Crippen LogP contribution in [0.5, 0.6) is 0 Å². The van der Waals surface area contributed by atoms with Gasteiger partial charge in [-0.25, -0.2) is 9.59 Å². The van der Waals surface area contributed by atoms with Gasteiger partial charge in [-0.2, -0.15) is 0 Å². The fourth-order valence-electron chi connectivity index (χ4n) is 3.17. The molecule has 6 heteroatoms. The van der Waals surface area contributed by atoms with Crippen LogP contribution in [0.1, 0.15) is 43.0 Å². The van der Waals surface area contributed by atoms with Gasteiger partial charge in [0, 0.05) is 10.0 Å². The molecule has 148 valence electrons. The van der Waals surface area contributed by atoms with Crippen molar-refractivity contribution < 1.29 is 24.5 Å². The molecule has 2 N–H and O–H groups in total. The lowest BCUT2D eigenvalue weighted by atomic mass is 9.92. The number of hydrogen-bond acceptors (Lipinski definition) is 3. The largest absolute Gasteiger partial charge is 0.478 e. The summed E-state index contributed by atoms with van der Waals surface area (Å²) in [5, 5.41) is 19.4. The summed E-state index contributed by atoms with van der Waals surface area (Å²) in [6, 6.07) is 20.0. The predicted octanol–water partition coefficient (Wildman–Crippen LogP) is 5.15. The minimum absolute atomic E-state index is 0.0111. The van der Waals surface area contributed by atoms with Gasteiger partial charge in [0.25, 0.3) is 0 Å². The van der Waals surface area contributed by atoms with Gasteiger partial charge in [0.15, 0.2) is 0 Å². The molecule has 0 aliphatic heterocycles. The molecule has 0 aromatic heterocycles. The zero-order valence-electron chi connectivity index (χ0n) is 15.5. The van der Waals surface area contributed by atoms with Crippen LogP contribution in [0.4, 0.5) is 0 Å².